The summed E-state index contributed by atoms with van der Waals surface area (Å²) in [5.74, 6) is -1.16. The summed E-state index contributed by atoms with van der Waals surface area (Å²) < 4.78 is 4.84. The first-order chi connectivity index (χ1) is 10.0. The third-order valence-corrected chi connectivity index (χ3v) is 5.41. The van der Waals surface area contributed by atoms with Crippen LogP contribution in [0, 0.1) is 29.6 Å². The van der Waals surface area contributed by atoms with Crippen LogP contribution in [-0.2, 0) is 19.1 Å². The standard InChI is InChI=1S/C16H21NO4/c1-4-8(2)13(16(20)21-3)17-14(18)11-9-5-6-10(7-9)12(11)15(17)19/h5-6,8-13H,4,7H2,1-3H3/t8-,9?,10?,11?,12?,13?/m0/s1. The molecule has 1 aliphatic heterocycles. The smallest absolute Gasteiger partial charge is 0.329 e. The molecule has 6 atom stereocenters. The van der Waals surface area contributed by atoms with Crippen molar-refractivity contribution in [3.05, 3.63) is 12.2 Å². The van der Waals surface area contributed by atoms with Gasteiger partial charge in [0.15, 0.2) is 0 Å². The number of fused-ring (bicyclic) bond motifs is 5. The van der Waals surface area contributed by atoms with E-state index in [0.717, 1.165) is 6.42 Å². The van der Waals surface area contributed by atoms with Gasteiger partial charge in [0.1, 0.15) is 6.04 Å². The highest BCUT2D eigenvalue weighted by atomic mass is 16.5. The van der Waals surface area contributed by atoms with Gasteiger partial charge >= 0.3 is 5.97 Å². The number of esters is 1. The van der Waals surface area contributed by atoms with Crippen LogP contribution in [0.3, 0.4) is 0 Å². The Morgan fingerprint density at radius 1 is 1.29 bits per heavy atom. The Balaban J connectivity index is 1.93. The summed E-state index contributed by atoms with van der Waals surface area (Å²) in [7, 11) is 1.30. The number of amides is 2. The van der Waals surface area contributed by atoms with E-state index in [1.165, 1.54) is 12.0 Å². The fourth-order valence-electron chi connectivity index (χ4n) is 4.14. The minimum atomic E-state index is -0.787. The van der Waals surface area contributed by atoms with Gasteiger partial charge in [-0.15, -0.1) is 0 Å². The lowest BCUT2D eigenvalue weighted by molar-refractivity contribution is -0.159. The summed E-state index contributed by atoms with van der Waals surface area (Å²) in [4.78, 5) is 38.8. The van der Waals surface area contributed by atoms with Gasteiger partial charge in [0.05, 0.1) is 18.9 Å². The van der Waals surface area contributed by atoms with Gasteiger partial charge in [0.25, 0.3) is 0 Å². The number of hydrogen-bond donors (Lipinski definition) is 0. The summed E-state index contributed by atoms with van der Waals surface area (Å²) in [5.41, 5.74) is 0. The van der Waals surface area contributed by atoms with Crippen molar-refractivity contribution >= 4 is 17.8 Å². The molecule has 3 aliphatic rings. The minimum absolute atomic E-state index is 0.102. The molecule has 1 heterocycles. The molecular weight excluding hydrogens is 270 g/mol. The summed E-state index contributed by atoms with van der Waals surface area (Å²) in [5, 5.41) is 0. The number of likely N-dealkylation sites (tertiary alicyclic amines) is 1. The fourth-order valence-corrected chi connectivity index (χ4v) is 4.14. The van der Waals surface area contributed by atoms with Crippen molar-refractivity contribution in [1.82, 2.24) is 4.90 Å². The van der Waals surface area contributed by atoms with Crippen LogP contribution in [0.4, 0.5) is 0 Å². The molecule has 0 aromatic rings. The van der Waals surface area contributed by atoms with Crippen LogP contribution in [0.2, 0.25) is 0 Å². The molecule has 5 heteroatoms. The largest absolute Gasteiger partial charge is 0.467 e. The minimum Gasteiger partial charge on any atom is -0.467 e. The van der Waals surface area contributed by atoms with E-state index in [1.807, 2.05) is 13.8 Å². The quantitative estimate of drug-likeness (QED) is 0.446. The molecule has 0 aromatic carbocycles. The predicted molar refractivity (Wildman–Crippen MR) is 74.8 cm³/mol. The Labute approximate surface area is 124 Å². The lowest BCUT2D eigenvalue weighted by atomic mass is 9.85. The fraction of sp³-hybridized carbons (Fsp3) is 0.688. The molecule has 21 heavy (non-hydrogen) atoms. The molecule has 5 unspecified atom stereocenters. The van der Waals surface area contributed by atoms with Gasteiger partial charge in [0.2, 0.25) is 11.8 Å². The van der Waals surface area contributed by atoms with Gasteiger partial charge in [-0.05, 0) is 24.2 Å². The number of carbonyl (C=O) groups is 3. The molecule has 114 valence electrons. The van der Waals surface area contributed by atoms with Crippen molar-refractivity contribution < 1.29 is 19.1 Å². The SMILES string of the molecule is CC[C@H](C)C(C(=O)OC)N1C(=O)C2C3C=CC(C3)C2C1=O. The van der Waals surface area contributed by atoms with Crippen molar-refractivity contribution in [2.45, 2.75) is 32.7 Å². The zero-order chi connectivity index (χ0) is 15.3. The van der Waals surface area contributed by atoms with Crippen molar-refractivity contribution in [3.63, 3.8) is 0 Å². The third kappa shape index (κ3) is 1.86. The maximum Gasteiger partial charge on any atom is 0.329 e. The first kappa shape index (κ1) is 14.3. The third-order valence-electron chi connectivity index (χ3n) is 5.41. The number of carbonyl (C=O) groups excluding carboxylic acids is 3. The van der Waals surface area contributed by atoms with Crippen molar-refractivity contribution in [2.24, 2.45) is 29.6 Å². The lowest BCUT2D eigenvalue weighted by Gasteiger charge is -2.29. The zero-order valence-electron chi connectivity index (χ0n) is 12.6. The molecule has 1 saturated heterocycles. The van der Waals surface area contributed by atoms with E-state index < -0.39 is 12.0 Å². The topological polar surface area (TPSA) is 63.7 Å². The van der Waals surface area contributed by atoms with Crippen LogP contribution in [0.25, 0.3) is 0 Å². The van der Waals surface area contributed by atoms with E-state index in [9.17, 15) is 14.4 Å². The number of rotatable bonds is 4. The van der Waals surface area contributed by atoms with Crippen LogP contribution in [0.5, 0.6) is 0 Å². The van der Waals surface area contributed by atoms with Crippen LogP contribution >= 0.6 is 0 Å². The average molecular weight is 291 g/mol. The van der Waals surface area contributed by atoms with E-state index in [1.54, 1.807) is 0 Å². The van der Waals surface area contributed by atoms with Gasteiger partial charge in [-0.2, -0.15) is 0 Å². The second kappa shape index (κ2) is 4.97. The van der Waals surface area contributed by atoms with Crippen LogP contribution in [0.1, 0.15) is 26.7 Å². The molecular formula is C16H21NO4. The van der Waals surface area contributed by atoms with Crippen LogP contribution in [0.15, 0.2) is 12.2 Å². The van der Waals surface area contributed by atoms with Gasteiger partial charge in [-0.3, -0.25) is 14.5 Å². The monoisotopic (exact) mass is 291 g/mol. The lowest BCUT2D eigenvalue weighted by Crippen LogP contribution is -2.50. The molecule has 0 radical (unpaired) electrons. The number of imide groups is 1. The van der Waals surface area contributed by atoms with E-state index >= 15 is 0 Å². The Morgan fingerprint density at radius 3 is 2.24 bits per heavy atom. The predicted octanol–water partition coefficient (Wildman–Crippen LogP) is 1.38. The number of nitrogens with zero attached hydrogens (tertiary/aromatic N) is 1. The first-order valence-electron chi connectivity index (χ1n) is 7.64. The Morgan fingerprint density at radius 2 is 1.81 bits per heavy atom. The summed E-state index contributed by atoms with van der Waals surface area (Å²) in [6, 6.07) is -0.787. The molecule has 2 amide bonds. The molecule has 0 N–H and O–H groups in total. The number of hydrogen-bond acceptors (Lipinski definition) is 4. The van der Waals surface area contributed by atoms with E-state index in [2.05, 4.69) is 12.2 Å². The molecule has 2 aliphatic carbocycles. The highest BCUT2D eigenvalue weighted by Gasteiger charge is 2.61. The van der Waals surface area contributed by atoms with Gasteiger partial charge < -0.3 is 4.74 Å². The molecule has 1 saturated carbocycles. The number of methoxy groups -OCH3 is 1. The number of allylic oxidation sites excluding steroid dienone is 2. The molecule has 2 bridgehead atoms. The molecule has 3 rings (SSSR count). The molecule has 2 fully saturated rings. The highest BCUT2D eigenvalue weighted by Crippen LogP contribution is 2.53. The highest BCUT2D eigenvalue weighted by molar-refractivity contribution is 6.09. The normalized spacial score (nSPS) is 36.0. The zero-order valence-corrected chi connectivity index (χ0v) is 12.6. The summed E-state index contributed by atoms with van der Waals surface area (Å²) in [6.07, 6.45) is 5.71. The second-order valence-corrected chi connectivity index (χ2v) is 6.40. The van der Waals surface area contributed by atoms with E-state index in [0.29, 0.717) is 6.42 Å². The van der Waals surface area contributed by atoms with E-state index in [4.69, 9.17) is 4.74 Å². The van der Waals surface area contributed by atoms with Gasteiger partial charge in [-0.1, -0.05) is 32.4 Å². The van der Waals surface area contributed by atoms with Crippen molar-refractivity contribution in [1.29, 1.82) is 0 Å². The molecule has 0 aromatic heterocycles. The van der Waals surface area contributed by atoms with Gasteiger partial charge in [0, 0.05) is 0 Å². The van der Waals surface area contributed by atoms with Crippen molar-refractivity contribution in [3.8, 4) is 0 Å². The first-order valence-corrected chi connectivity index (χ1v) is 7.64. The van der Waals surface area contributed by atoms with E-state index in [-0.39, 0.29) is 41.4 Å². The maximum atomic E-state index is 12.7. The van der Waals surface area contributed by atoms with Crippen LogP contribution < -0.4 is 0 Å². The van der Waals surface area contributed by atoms with Crippen molar-refractivity contribution in [2.75, 3.05) is 7.11 Å². The second-order valence-electron chi connectivity index (χ2n) is 6.40. The molecule has 0 spiro atoms. The maximum absolute atomic E-state index is 12.7. The average Bonchev–Trinajstić information content (AvgIpc) is 3.15. The Hall–Kier alpha value is -1.65. The Bertz CT molecular complexity index is 496. The summed E-state index contributed by atoms with van der Waals surface area (Å²) in [6.45, 7) is 3.82. The Kier molecular flexibility index (Phi) is 3.38. The van der Waals surface area contributed by atoms with Crippen LogP contribution in [-0.4, -0.2) is 35.8 Å². The summed E-state index contributed by atoms with van der Waals surface area (Å²) >= 11 is 0. The number of ether oxygens (including phenoxy) is 1. The molecule has 5 nitrogen and oxygen atoms in total. The van der Waals surface area contributed by atoms with Gasteiger partial charge in [-0.25, -0.2) is 4.79 Å².